The molecule has 0 bridgehead atoms. The molecule has 0 aliphatic carbocycles. The van der Waals surface area contributed by atoms with E-state index in [1.165, 1.54) is 106 Å². The molecule has 0 spiro atoms. The molecule has 0 fully saturated rings. The highest BCUT2D eigenvalue weighted by atomic mass is 32.1. The van der Waals surface area contributed by atoms with E-state index in [2.05, 4.69) is 192 Å². The second-order valence-electron chi connectivity index (χ2n) is 14.5. The van der Waals surface area contributed by atoms with Crippen LogP contribution in [0.15, 0.2) is 176 Å². The van der Waals surface area contributed by atoms with Crippen LogP contribution >= 0.6 is 22.7 Å². The van der Waals surface area contributed by atoms with Crippen molar-refractivity contribution in [3.63, 3.8) is 0 Å². The standard InChI is InChI=1S/C51H32N2S2/c1-2-11-31(12-3-1)43-27-34-13-4-5-14-36(34)51(52-43)42-17-10-20-46-50(42)41-25-22-33(29-48(41)54-46)32-21-24-39-40-26-23-35(30-49(40)55-47(39)28-32)53-44-18-8-6-15-37(44)38-16-7-9-19-45(38)53/h1-30,43,52H. The Morgan fingerprint density at radius 3 is 1.85 bits per heavy atom. The van der Waals surface area contributed by atoms with Gasteiger partial charge >= 0.3 is 0 Å². The topological polar surface area (TPSA) is 17.0 Å². The monoisotopic (exact) mass is 736 g/mol. The largest absolute Gasteiger partial charge is 0.374 e. The number of aromatic nitrogens is 1. The summed E-state index contributed by atoms with van der Waals surface area (Å²) in [4.78, 5) is 0. The van der Waals surface area contributed by atoms with E-state index >= 15 is 0 Å². The Labute approximate surface area is 325 Å². The van der Waals surface area contributed by atoms with Crippen molar-refractivity contribution in [2.75, 3.05) is 0 Å². The van der Waals surface area contributed by atoms with Gasteiger partial charge in [-0.3, -0.25) is 0 Å². The fourth-order valence-electron chi connectivity index (χ4n) is 8.89. The van der Waals surface area contributed by atoms with Gasteiger partial charge in [-0.15, -0.1) is 22.7 Å². The van der Waals surface area contributed by atoms with Crippen molar-refractivity contribution >= 4 is 96.6 Å². The number of hydrogen-bond acceptors (Lipinski definition) is 3. The van der Waals surface area contributed by atoms with Crippen LogP contribution in [0.5, 0.6) is 0 Å². The molecule has 2 nitrogen and oxygen atoms in total. The van der Waals surface area contributed by atoms with Gasteiger partial charge in [-0.25, -0.2) is 0 Å². The fourth-order valence-corrected chi connectivity index (χ4v) is 11.2. The van der Waals surface area contributed by atoms with Crippen LogP contribution in [0, 0.1) is 0 Å². The summed E-state index contributed by atoms with van der Waals surface area (Å²) in [6, 6.07) is 64.9. The molecule has 0 radical (unpaired) electrons. The van der Waals surface area contributed by atoms with Gasteiger partial charge in [0.05, 0.1) is 22.8 Å². The normalized spacial score (nSPS) is 14.3. The van der Waals surface area contributed by atoms with Gasteiger partial charge in [-0.1, -0.05) is 133 Å². The van der Waals surface area contributed by atoms with Crippen molar-refractivity contribution in [3.8, 4) is 16.8 Å². The third-order valence-corrected chi connectivity index (χ3v) is 13.7. The minimum atomic E-state index is 0.0990. The van der Waals surface area contributed by atoms with Gasteiger partial charge in [-0.2, -0.15) is 0 Å². The third-order valence-electron chi connectivity index (χ3n) is 11.4. The molecule has 11 aromatic rings. The van der Waals surface area contributed by atoms with Gasteiger partial charge < -0.3 is 9.88 Å². The zero-order valence-electron chi connectivity index (χ0n) is 29.7. The first-order valence-corrected chi connectivity index (χ1v) is 20.4. The van der Waals surface area contributed by atoms with E-state index in [1.54, 1.807) is 0 Å². The highest BCUT2D eigenvalue weighted by Crippen LogP contribution is 2.42. The molecule has 55 heavy (non-hydrogen) atoms. The summed E-state index contributed by atoms with van der Waals surface area (Å²) < 4.78 is 7.65. The van der Waals surface area contributed by atoms with E-state index < -0.39 is 0 Å². The molecule has 1 aliphatic rings. The minimum absolute atomic E-state index is 0.0990. The molecule has 0 saturated heterocycles. The first kappa shape index (κ1) is 30.9. The maximum absolute atomic E-state index is 3.95. The van der Waals surface area contributed by atoms with Gasteiger partial charge in [0, 0.05) is 67.6 Å². The second-order valence-corrected chi connectivity index (χ2v) is 16.7. The van der Waals surface area contributed by atoms with E-state index in [0.29, 0.717) is 0 Å². The molecule has 0 amide bonds. The Morgan fingerprint density at radius 2 is 1.07 bits per heavy atom. The van der Waals surface area contributed by atoms with Crippen LogP contribution in [0.4, 0.5) is 0 Å². The van der Waals surface area contributed by atoms with Crippen LogP contribution in [0.25, 0.3) is 90.7 Å². The third kappa shape index (κ3) is 4.79. The van der Waals surface area contributed by atoms with Crippen LogP contribution in [0.1, 0.15) is 17.2 Å². The number of benzene rings is 8. The molecule has 1 unspecified atom stereocenters. The van der Waals surface area contributed by atoms with Gasteiger partial charge in [0.2, 0.25) is 0 Å². The maximum atomic E-state index is 3.95. The Bertz CT molecular complexity index is 3420. The summed E-state index contributed by atoms with van der Waals surface area (Å²) in [5.41, 5.74) is 9.89. The maximum Gasteiger partial charge on any atom is 0.0707 e. The number of hydrogen-bond donors (Lipinski definition) is 1. The summed E-state index contributed by atoms with van der Waals surface area (Å²) in [6.45, 7) is 0. The Kier molecular flexibility index (Phi) is 6.77. The van der Waals surface area contributed by atoms with E-state index in [4.69, 9.17) is 0 Å². The molecule has 258 valence electrons. The van der Waals surface area contributed by atoms with Crippen molar-refractivity contribution in [1.82, 2.24) is 9.88 Å². The molecule has 0 saturated carbocycles. The highest BCUT2D eigenvalue weighted by Gasteiger charge is 2.20. The Hall–Kier alpha value is -6.46. The Balaban J connectivity index is 0.955. The number of rotatable bonds is 4. The number of nitrogens with zero attached hydrogens (tertiary/aromatic N) is 1. The van der Waals surface area contributed by atoms with E-state index in [1.807, 2.05) is 22.7 Å². The lowest BCUT2D eigenvalue weighted by atomic mass is 9.95. The van der Waals surface area contributed by atoms with Crippen molar-refractivity contribution < 1.29 is 0 Å². The summed E-state index contributed by atoms with van der Waals surface area (Å²) >= 11 is 3.78. The highest BCUT2D eigenvalue weighted by molar-refractivity contribution is 7.26. The van der Waals surface area contributed by atoms with E-state index in [0.717, 1.165) is 0 Å². The molecule has 1 atom stereocenters. The summed E-state index contributed by atoms with van der Waals surface area (Å²) in [7, 11) is 0. The minimum Gasteiger partial charge on any atom is -0.374 e. The number of thiophene rings is 2. The van der Waals surface area contributed by atoms with Crippen LogP contribution in [-0.4, -0.2) is 4.57 Å². The molecule has 4 heteroatoms. The van der Waals surface area contributed by atoms with Crippen LogP contribution in [0.3, 0.4) is 0 Å². The predicted molar refractivity (Wildman–Crippen MR) is 237 cm³/mol. The Morgan fingerprint density at radius 1 is 0.455 bits per heavy atom. The SMILES string of the molecule is C1=c2ccccc2=C(c2cccc3sc4cc(-c5ccc6c(c5)sc5cc(-n7c8ccccc8c8ccccc87)ccc56)ccc4c23)NC1c1ccccc1. The zero-order valence-corrected chi connectivity index (χ0v) is 31.3. The van der Waals surface area contributed by atoms with Gasteiger partial charge in [0.15, 0.2) is 0 Å². The number of nitrogens with one attached hydrogen (secondary N) is 1. The molecule has 8 aromatic carbocycles. The van der Waals surface area contributed by atoms with E-state index in [9.17, 15) is 0 Å². The lowest BCUT2D eigenvalue weighted by Gasteiger charge is -2.24. The first-order valence-electron chi connectivity index (χ1n) is 18.8. The molecule has 3 aromatic heterocycles. The van der Waals surface area contributed by atoms with Crippen molar-refractivity contribution in [2.24, 2.45) is 0 Å². The molecule has 1 aliphatic heterocycles. The molecule has 12 rings (SSSR count). The smallest absolute Gasteiger partial charge is 0.0707 e. The quantitative estimate of drug-likeness (QED) is 0.190. The van der Waals surface area contributed by atoms with Crippen LogP contribution < -0.4 is 15.8 Å². The average molecular weight is 737 g/mol. The molecular weight excluding hydrogens is 705 g/mol. The van der Waals surface area contributed by atoms with Crippen LogP contribution in [0.2, 0.25) is 0 Å². The zero-order chi connectivity index (χ0) is 36.0. The molecular formula is C51H32N2S2. The molecule has 1 N–H and O–H groups in total. The van der Waals surface area contributed by atoms with Crippen molar-refractivity contribution in [1.29, 1.82) is 0 Å². The van der Waals surface area contributed by atoms with Gasteiger partial charge in [-0.05, 0) is 70.4 Å². The first-order chi connectivity index (χ1) is 27.2. The predicted octanol–water partition coefficient (Wildman–Crippen LogP) is 12.5. The van der Waals surface area contributed by atoms with Gasteiger partial charge in [0.1, 0.15) is 0 Å². The second kappa shape index (κ2) is 12.0. The van der Waals surface area contributed by atoms with Crippen LogP contribution in [-0.2, 0) is 0 Å². The summed E-state index contributed by atoms with van der Waals surface area (Å²) in [6.07, 6.45) is 2.35. The van der Waals surface area contributed by atoms with Gasteiger partial charge in [0.25, 0.3) is 0 Å². The fraction of sp³-hybridized carbons (Fsp3) is 0.0196. The van der Waals surface area contributed by atoms with Crippen molar-refractivity contribution in [3.05, 3.63) is 197 Å². The lowest BCUT2D eigenvalue weighted by molar-refractivity contribution is 0.793. The average Bonchev–Trinajstić information content (AvgIpc) is 3.92. The van der Waals surface area contributed by atoms with Crippen molar-refractivity contribution in [2.45, 2.75) is 6.04 Å². The summed E-state index contributed by atoms with van der Waals surface area (Å²) in [5.74, 6) is 0. The summed E-state index contributed by atoms with van der Waals surface area (Å²) in [5, 5.41) is 14.3. The van der Waals surface area contributed by atoms with E-state index in [-0.39, 0.29) is 6.04 Å². The number of fused-ring (bicyclic) bond motifs is 10. The lowest BCUT2D eigenvalue weighted by Crippen LogP contribution is -2.39. The molecule has 4 heterocycles. The number of para-hydroxylation sites is 2.